The molecule has 1 unspecified atom stereocenters. The summed E-state index contributed by atoms with van der Waals surface area (Å²) in [6, 6.07) is 9.37. The molecule has 0 radical (unpaired) electrons. The molecule has 8 nitrogen and oxygen atoms in total. The van der Waals surface area contributed by atoms with Crippen molar-refractivity contribution < 1.29 is 22.8 Å². The maximum atomic E-state index is 13.2. The summed E-state index contributed by atoms with van der Waals surface area (Å²) in [7, 11) is -3.76. The number of hydrogen-bond acceptors (Lipinski definition) is 6. The van der Waals surface area contributed by atoms with Gasteiger partial charge in [0, 0.05) is 43.2 Å². The molecule has 2 aromatic rings. The van der Waals surface area contributed by atoms with Gasteiger partial charge in [-0.05, 0) is 43.3 Å². The Bertz CT molecular complexity index is 1140. The third kappa shape index (κ3) is 5.02. The Morgan fingerprint density at radius 3 is 2.45 bits per heavy atom. The van der Waals surface area contributed by atoms with Crippen LogP contribution in [0.5, 0.6) is 0 Å². The lowest BCUT2D eigenvalue weighted by atomic mass is 10.1. The molecule has 0 aliphatic carbocycles. The number of benzene rings is 1. The van der Waals surface area contributed by atoms with Crippen LogP contribution in [0.2, 0.25) is 0 Å². The van der Waals surface area contributed by atoms with E-state index in [0.29, 0.717) is 24.9 Å². The summed E-state index contributed by atoms with van der Waals surface area (Å²) in [5, 5.41) is 1.93. The van der Waals surface area contributed by atoms with Crippen molar-refractivity contribution >= 4 is 39.0 Å². The molecule has 33 heavy (non-hydrogen) atoms. The molecule has 4 rings (SSSR count). The summed E-state index contributed by atoms with van der Waals surface area (Å²) in [6.07, 6.45) is 1.71. The van der Waals surface area contributed by atoms with E-state index in [1.807, 2.05) is 17.5 Å². The number of sulfonamides is 1. The van der Waals surface area contributed by atoms with Crippen molar-refractivity contribution in [1.82, 2.24) is 14.1 Å². The van der Waals surface area contributed by atoms with Gasteiger partial charge in [0.05, 0.1) is 11.3 Å². The molecular weight excluding hydrogens is 462 g/mol. The maximum absolute atomic E-state index is 13.2. The molecule has 10 heteroatoms. The van der Waals surface area contributed by atoms with Crippen molar-refractivity contribution in [2.45, 2.75) is 37.1 Å². The quantitative estimate of drug-likeness (QED) is 0.579. The lowest BCUT2D eigenvalue weighted by molar-refractivity contribution is -0.144. The van der Waals surface area contributed by atoms with Crippen molar-refractivity contribution in [1.29, 1.82) is 0 Å². The number of piperazine rings is 1. The van der Waals surface area contributed by atoms with E-state index in [1.165, 1.54) is 34.7 Å². The number of carbonyl (C=O) groups is 3. The zero-order chi connectivity index (χ0) is 23.6. The zero-order valence-electron chi connectivity index (χ0n) is 18.5. The first-order valence-electron chi connectivity index (χ1n) is 11.0. The van der Waals surface area contributed by atoms with Gasteiger partial charge in [-0.15, -0.1) is 11.3 Å². The first-order chi connectivity index (χ1) is 15.8. The summed E-state index contributed by atoms with van der Waals surface area (Å²) in [5.41, 5.74) is 0.346. The average Bonchev–Trinajstić information content (AvgIpc) is 3.51. The van der Waals surface area contributed by atoms with Crippen LogP contribution in [0.4, 0.5) is 0 Å². The van der Waals surface area contributed by atoms with E-state index in [-0.39, 0.29) is 48.7 Å². The van der Waals surface area contributed by atoms with Crippen molar-refractivity contribution in [3.05, 3.63) is 52.2 Å². The molecule has 0 bridgehead atoms. The highest BCUT2D eigenvalue weighted by molar-refractivity contribution is 7.89. The molecule has 0 N–H and O–H groups in total. The van der Waals surface area contributed by atoms with E-state index in [9.17, 15) is 22.8 Å². The molecular formula is C23H27N3O5S2. The summed E-state index contributed by atoms with van der Waals surface area (Å²) in [4.78, 5) is 42.0. The fourth-order valence-corrected chi connectivity index (χ4v) is 6.53. The Morgan fingerprint density at radius 2 is 1.79 bits per heavy atom. The van der Waals surface area contributed by atoms with Crippen LogP contribution in [0.3, 0.4) is 0 Å². The minimum atomic E-state index is -3.76. The van der Waals surface area contributed by atoms with Crippen LogP contribution in [0, 0.1) is 0 Å². The normalized spacial score (nSPS) is 19.6. The van der Waals surface area contributed by atoms with Crippen molar-refractivity contribution in [2.75, 3.05) is 32.7 Å². The molecule has 176 valence electrons. The number of nitrogens with zero attached hydrogens (tertiary/aromatic N) is 3. The highest BCUT2D eigenvalue weighted by Gasteiger charge is 2.38. The third-order valence-corrected chi connectivity index (χ3v) is 8.96. The van der Waals surface area contributed by atoms with Crippen molar-refractivity contribution in [3.63, 3.8) is 0 Å². The van der Waals surface area contributed by atoms with E-state index in [1.54, 1.807) is 21.9 Å². The van der Waals surface area contributed by atoms with E-state index < -0.39 is 16.1 Å². The summed E-state index contributed by atoms with van der Waals surface area (Å²) in [5.74, 6) is -0.347. The van der Waals surface area contributed by atoms with E-state index in [2.05, 4.69) is 0 Å². The monoisotopic (exact) mass is 489 g/mol. The number of hydrogen-bond donors (Lipinski definition) is 0. The van der Waals surface area contributed by atoms with Gasteiger partial charge in [0.2, 0.25) is 21.8 Å². The van der Waals surface area contributed by atoms with Crippen LogP contribution in [0.15, 0.2) is 46.7 Å². The lowest BCUT2D eigenvalue weighted by Gasteiger charge is -2.36. The predicted octanol–water partition coefficient (Wildman–Crippen LogP) is 2.02. The highest BCUT2D eigenvalue weighted by Crippen LogP contribution is 2.24. The first kappa shape index (κ1) is 23.6. The maximum Gasteiger partial charge on any atom is 0.245 e. The molecule has 1 atom stereocenters. The number of carbonyl (C=O) groups excluding carboxylic acids is 3. The van der Waals surface area contributed by atoms with Crippen LogP contribution in [-0.2, 0) is 26.0 Å². The number of rotatable bonds is 6. The highest BCUT2D eigenvalue weighted by atomic mass is 32.2. The summed E-state index contributed by atoms with van der Waals surface area (Å²) < 4.78 is 27.4. The minimum absolute atomic E-state index is 0.0418. The van der Waals surface area contributed by atoms with Gasteiger partial charge < -0.3 is 9.80 Å². The second-order valence-corrected chi connectivity index (χ2v) is 11.3. The Kier molecular flexibility index (Phi) is 6.96. The molecule has 0 spiro atoms. The Labute approximate surface area is 197 Å². The van der Waals surface area contributed by atoms with Gasteiger partial charge in [0.15, 0.2) is 5.78 Å². The molecule has 2 amide bonds. The van der Waals surface area contributed by atoms with Crippen LogP contribution in [-0.4, -0.2) is 78.9 Å². The van der Waals surface area contributed by atoms with E-state index >= 15 is 0 Å². The van der Waals surface area contributed by atoms with Crippen molar-refractivity contribution in [2.24, 2.45) is 0 Å². The average molecular weight is 490 g/mol. The van der Waals surface area contributed by atoms with E-state index in [4.69, 9.17) is 0 Å². The Morgan fingerprint density at radius 1 is 1.03 bits per heavy atom. The van der Waals surface area contributed by atoms with Gasteiger partial charge >= 0.3 is 0 Å². The topological polar surface area (TPSA) is 95.1 Å². The van der Waals surface area contributed by atoms with E-state index in [0.717, 1.165) is 11.3 Å². The zero-order valence-corrected chi connectivity index (χ0v) is 20.1. The number of likely N-dealkylation sites (tertiary alicyclic amines) is 1. The Balaban J connectivity index is 1.39. The molecule has 2 aliphatic rings. The van der Waals surface area contributed by atoms with Crippen molar-refractivity contribution in [3.8, 4) is 0 Å². The molecule has 1 aromatic carbocycles. The fourth-order valence-electron chi connectivity index (χ4n) is 4.37. The molecule has 2 saturated heterocycles. The molecule has 3 heterocycles. The Hall–Kier alpha value is -2.56. The number of thiophene rings is 1. The summed E-state index contributed by atoms with van der Waals surface area (Å²) >= 11 is 1.53. The molecule has 2 fully saturated rings. The second kappa shape index (κ2) is 9.74. The van der Waals surface area contributed by atoms with Gasteiger partial charge in [-0.3, -0.25) is 14.4 Å². The number of ketones is 1. The number of Topliss-reactive ketones (excluding diaryl/α,β-unsaturated/α-hetero) is 1. The van der Waals surface area contributed by atoms with Gasteiger partial charge in [-0.2, -0.15) is 4.31 Å². The standard InChI is InChI=1S/C23H27N3O5S2/c1-17(27)18-5-2-7-20(15-18)33(30,31)25-12-10-24(11-13-25)23(29)21-8-3-9-26(21)22(28)16-19-6-4-14-32-19/h2,4-7,14-15,21H,3,8-13,16H2,1H3. The first-order valence-corrected chi connectivity index (χ1v) is 13.3. The smallest absolute Gasteiger partial charge is 0.245 e. The lowest BCUT2D eigenvalue weighted by Crippen LogP contribution is -2.55. The fraction of sp³-hybridized carbons (Fsp3) is 0.435. The summed E-state index contributed by atoms with van der Waals surface area (Å²) in [6.45, 7) is 2.86. The van der Waals surface area contributed by atoms with Crippen LogP contribution >= 0.6 is 11.3 Å². The molecule has 1 aromatic heterocycles. The minimum Gasteiger partial charge on any atom is -0.338 e. The van der Waals surface area contributed by atoms with Crippen LogP contribution in [0.1, 0.15) is 35.0 Å². The van der Waals surface area contributed by atoms with Gasteiger partial charge in [0.1, 0.15) is 6.04 Å². The van der Waals surface area contributed by atoms with Gasteiger partial charge in [-0.25, -0.2) is 8.42 Å². The van der Waals surface area contributed by atoms with Crippen LogP contribution < -0.4 is 0 Å². The molecule has 2 aliphatic heterocycles. The molecule has 0 saturated carbocycles. The van der Waals surface area contributed by atoms with Crippen LogP contribution in [0.25, 0.3) is 0 Å². The van der Waals surface area contributed by atoms with Gasteiger partial charge in [0.25, 0.3) is 0 Å². The van der Waals surface area contributed by atoms with Gasteiger partial charge in [-0.1, -0.05) is 18.2 Å². The SMILES string of the molecule is CC(=O)c1cccc(S(=O)(=O)N2CCN(C(=O)C3CCCN3C(=O)Cc3cccs3)CC2)c1. The number of amides is 2. The second-order valence-electron chi connectivity index (χ2n) is 8.31. The third-order valence-electron chi connectivity index (χ3n) is 6.19. The largest absolute Gasteiger partial charge is 0.338 e. The predicted molar refractivity (Wildman–Crippen MR) is 125 cm³/mol.